The smallest absolute Gasteiger partial charge is 0.328 e. The van der Waals surface area contributed by atoms with Crippen molar-refractivity contribution in [3.8, 4) is 0 Å². The fourth-order valence-corrected chi connectivity index (χ4v) is 4.15. The van der Waals surface area contributed by atoms with Crippen LogP contribution in [0.2, 0.25) is 0 Å². The van der Waals surface area contributed by atoms with Crippen LogP contribution in [-0.2, 0) is 26.2 Å². The second kappa shape index (κ2) is 10.8. The second-order valence-corrected chi connectivity index (χ2v) is 12.0. The zero-order valence-electron chi connectivity index (χ0n) is 20.2. The van der Waals surface area contributed by atoms with E-state index in [0.29, 0.717) is 4.88 Å². The molecule has 2 aromatic rings. The third-order valence-corrected chi connectivity index (χ3v) is 6.70. The van der Waals surface area contributed by atoms with Gasteiger partial charge >= 0.3 is 5.97 Å². The number of hydrogen-bond acceptors (Lipinski definition) is 5. The third-order valence-electron chi connectivity index (χ3n) is 4.66. The van der Waals surface area contributed by atoms with E-state index in [1.807, 2.05) is 30.3 Å². The zero-order chi connectivity index (χ0) is 25.0. The minimum atomic E-state index is -0.858. The summed E-state index contributed by atoms with van der Waals surface area (Å²) in [6.45, 7) is 13.1. The molecule has 2 atom stereocenters. The van der Waals surface area contributed by atoms with Crippen LogP contribution in [-0.4, -0.2) is 35.5 Å². The predicted octanol–water partition coefficient (Wildman–Crippen LogP) is 5.00. The molecule has 1 heterocycles. The first-order chi connectivity index (χ1) is 15.2. The summed E-state index contributed by atoms with van der Waals surface area (Å²) >= 11 is 4.81. The Morgan fingerprint density at radius 2 is 1.58 bits per heavy atom. The van der Waals surface area contributed by atoms with Crippen LogP contribution in [0.5, 0.6) is 0 Å². The molecular weight excluding hydrogens is 504 g/mol. The van der Waals surface area contributed by atoms with Gasteiger partial charge in [0, 0.05) is 15.8 Å². The monoisotopic (exact) mass is 536 g/mol. The van der Waals surface area contributed by atoms with E-state index in [-0.39, 0.29) is 17.7 Å². The summed E-state index contributed by atoms with van der Waals surface area (Å²) in [5.74, 6) is -1.30. The van der Waals surface area contributed by atoms with Gasteiger partial charge in [-0.3, -0.25) is 9.59 Å². The Morgan fingerprint density at radius 3 is 2.09 bits per heavy atom. The molecule has 2 N–H and O–H groups in total. The number of nitrogens with one attached hydrogen (secondary N) is 2. The highest BCUT2D eigenvalue weighted by atomic mass is 79.9. The second-order valence-electron chi connectivity index (χ2n) is 10.0. The molecule has 8 heteroatoms. The molecule has 0 bridgehead atoms. The van der Waals surface area contributed by atoms with Crippen molar-refractivity contribution >= 4 is 45.1 Å². The van der Waals surface area contributed by atoms with Crippen molar-refractivity contribution < 1.29 is 19.1 Å². The summed E-state index contributed by atoms with van der Waals surface area (Å²) in [5, 5.41) is 5.54. The summed E-state index contributed by atoms with van der Waals surface area (Å²) in [5.41, 5.74) is 0.149. The van der Waals surface area contributed by atoms with Gasteiger partial charge in [-0.05, 0) is 62.9 Å². The van der Waals surface area contributed by atoms with Gasteiger partial charge in [0.2, 0.25) is 5.91 Å². The minimum absolute atomic E-state index is 0.0692. The van der Waals surface area contributed by atoms with Gasteiger partial charge < -0.3 is 15.4 Å². The highest BCUT2D eigenvalue weighted by Gasteiger charge is 2.28. The van der Waals surface area contributed by atoms with Crippen LogP contribution >= 0.6 is 27.3 Å². The van der Waals surface area contributed by atoms with Crippen molar-refractivity contribution in [2.24, 2.45) is 0 Å². The first-order valence-corrected chi connectivity index (χ1v) is 12.5. The van der Waals surface area contributed by atoms with Crippen LogP contribution in [0, 0.1) is 0 Å². The highest BCUT2D eigenvalue weighted by Crippen LogP contribution is 2.29. The van der Waals surface area contributed by atoms with E-state index in [4.69, 9.17) is 4.74 Å². The molecule has 0 unspecified atom stereocenters. The Hall–Kier alpha value is -2.19. The fourth-order valence-electron chi connectivity index (χ4n) is 2.92. The van der Waals surface area contributed by atoms with Crippen LogP contribution in [0.4, 0.5) is 0 Å². The molecular formula is C25H33BrN2O4S. The van der Waals surface area contributed by atoms with Crippen molar-refractivity contribution in [1.82, 2.24) is 10.6 Å². The van der Waals surface area contributed by atoms with E-state index < -0.39 is 29.6 Å². The van der Waals surface area contributed by atoms with Gasteiger partial charge in [-0.15, -0.1) is 11.3 Å². The first-order valence-electron chi connectivity index (χ1n) is 10.8. The predicted molar refractivity (Wildman–Crippen MR) is 136 cm³/mol. The SMILES string of the molecule is C[C@@H](NC(=O)[C@H](Cc1ccc(Br)cc1)NC(=O)c1ccc(C(C)(C)C)s1)C(=O)OC(C)(C)C. The fraction of sp³-hybridized carbons (Fsp3) is 0.480. The zero-order valence-corrected chi connectivity index (χ0v) is 22.6. The Balaban J connectivity index is 2.19. The Kier molecular flexibility index (Phi) is 8.88. The van der Waals surface area contributed by atoms with Crippen LogP contribution in [0.3, 0.4) is 0 Å². The number of rotatable bonds is 7. The normalized spacial score (nSPS) is 13.7. The molecule has 2 amide bonds. The molecule has 0 aliphatic heterocycles. The number of thiophene rings is 1. The van der Waals surface area contributed by atoms with Gasteiger partial charge in [0.25, 0.3) is 5.91 Å². The molecule has 0 aliphatic rings. The van der Waals surface area contributed by atoms with Crippen molar-refractivity contribution in [2.45, 2.75) is 78.0 Å². The number of hydrogen-bond donors (Lipinski definition) is 2. The van der Waals surface area contributed by atoms with Gasteiger partial charge in [0.1, 0.15) is 17.7 Å². The Labute approximate surface area is 208 Å². The molecule has 0 saturated heterocycles. The third kappa shape index (κ3) is 8.59. The van der Waals surface area contributed by atoms with Crippen molar-refractivity contribution in [2.75, 3.05) is 0 Å². The van der Waals surface area contributed by atoms with Gasteiger partial charge in [-0.2, -0.15) is 0 Å². The summed E-state index contributed by atoms with van der Waals surface area (Å²) in [6, 6.07) is 9.54. The maximum absolute atomic E-state index is 13.1. The van der Waals surface area contributed by atoms with Crippen LogP contribution in [0.25, 0.3) is 0 Å². The highest BCUT2D eigenvalue weighted by molar-refractivity contribution is 9.10. The molecule has 2 rings (SSSR count). The van der Waals surface area contributed by atoms with E-state index in [1.54, 1.807) is 33.8 Å². The molecule has 6 nitrogen and oxygen atoms in total. The van der Waals surface area contributed by atoms with Crippen LogP contribution in [0.15, 0.2) is 40.9 Å². The van der Waals surface area contributed by atoms with Crippen LogP contribution < -0.4 is 10.6 Å². The van der Waals surface area contributed by atoms with Gasteiger partial charge in [-0.1, -0.05) is 48.8 Å². The van der Waals surface area contributed by atoms with E-state index in [2.05, 4.69) is 47.3 Å². The Bertz CT molecular complexity index is 987. The molecule has 0 aliphatic carbocycles. The number of amides is 2. The first kappa shape index (κ1) is 27.1. The Morgan fingerprint density at radius 1 is 0.970 bits per heavy atom. The summed E-state index contributed by atoms with van der Waals surface area (Å²) in [6.07, 6.45) is 0.281. The molecule has 180 valence electrons. The lowest BCUT2D eigenvalue weighted by Crippen LogP contribution is -2.52. The van der Waals surface area contributed by atoms with Gasteiger partial charge in [0.15, 0.2) is 0 Å². The van der Waals surface area contributed by atoms with E-state index in [0.717, 1.165) is 14.9 Å². The average Bonchev–Trinajstić information content (AvgIpc) is 3.18. The summed E-state index contributed by atoms with van der Waals surface area (Å²) < 4.78 is 6.27. The quantitative estimate of drug-likeness (QED) is 0.488. The van der Waals surface area contributed by atoms with E-state index >= 15 is 0 Å². The lowest BCUT2D eigenvalue weighted by Gasteiger charge is -2.24. The van der Waals surface area contributed by atoms with Gasteiger partial charge in [0.05, 0.1) is 4.88 Å². The summed E-state index contributed by atoms with van der Waals surface area (Å²) in [4.78, 5) is 40.0. The number of carbonyl (C=O) groups excluding carboxylic acids is 3. The van der Waals surface area contributed by atoms with E-state index in [1.165, 1.54) is 11.3 Å². The maximum atomic E-state index is 13.1. The maximum Gasteiger partial charge on any atom is 0.328 e. The van der Waals surface area contributed by atoms with Crippen molar-refractivity contribution in [1.29, 1.82) is 0 Å². The molecule has 1 aromatic heterocycles. The minimum Gasteiger partial charge on any atom is -0.458 e. The van der Waals surface area contributed by atoms with Gasteiger partial charge in [-0.25, -0.2) is 4.79 Å². The summed E-state index contributed by atoms with van der Waals surface area (Å²) in [7, 11) is 0. The van der Waals surface area contributed by atoms with E-state index in [9.17, 15) is 14.4 Å². The molecule has 33 heavy (non-hydrogen) atoms. The lowest BCUT2D eigenvalue weighted by atomic mass is 9.95. The molecule has 1 aromatic carbocycles. The molecule has 0 saturated carbocycles. The molecule has 0 radical (unpaired) electrons. The number of benzene rings is 1. The van der Waals surface area contributed by atoms with Crippen molar-refractivity contribution in [3.63, 3.8) is 0 Å². The molecule has 0 fully saturated rings. The van der Waals surface area contributed by atoms with Crippen LogP contribution in [0.1, 0.15) is 68.6 Å². The standard InChI is InChI=1S/C25H33BrN2O4S/c1-15(23(31)32-25(5,6)7)27-21(29)18(14-16-8-10-17(26)11-9-16)28-22(30)19-12-13-20(33-19)24(2,3)4/h8-13,15,18H,14H2,1-7H3,(H,27,29)(H,28,30)/t15-,18+/m1/s1. The van der Waals surface area contributed by atoms with Crippen molar-refractivity contribution in [3.05, 3.63) is 56.2 Å². The largest absolute Gasteiger partial charge is 0.458 e. The topological polar surface area (TPSA) is 84.5 Å². The molecule has 0 spiro atoms. The lowest BCUT2D eigenvalue weighted by molar-refractivity contribution is -0.158. The average molecular weight is 538 g/mol. The number of carbonyl (C=O) groups is 3. The number of esters is 1. The number of ether oxygens (including phenoxy) is 1. The number of halogens is 1.